The van der Waals surface area contributed by atoms with Crippen LogP contribution in [-0.2, 0) is 11.3 Å². The summed E-state index contributed by atoms with van der Waals surface area (Å²) < 4.78 is 26.9. The molecule has 4 aromatic rings. The average Bonchev–Trinajstić information content (AvgIpc) is 2.87. The number of rotatable bonds is 7. The minimum absolute atomic E-state index is 0.00548. The van der Waals surface area contributed by atoms with E-state index in [9.17, 15) is 18.4 Å². The second kappa shape index (κ2) is 10.6. The summed E-state index contributed by atoms with van der Waals surface area (Å²) in [7, 11) is 0. The number of amides is 2. The first-order valence-electron chi connectivity index (χ1n) is 10.9. The van der Waals surface area contributed by atoms with Crippen molar-refractivity contribution in [2.24, 2.45) is 0 Å². The standard InChI is InChI=1S/C27H22F2N4O2/c1-18-4-2-3-5-23(18)25(26(34)32-22-12-10-21(29)11-13-22)33(17-19-6-8-20(28)9-7-19)27(35)24-16-30-14-15-31-24/h2-16,25H,17H2,1H3,(H,32,34). The van der Waals surface area contributed by atoms with E-state index < -0.39 is 29.5 Å². The van der Waals surface area contributed by atoms with Crippen molar-refractivity contribution in [2.75, 3.05) is 5.32 Å². The largest absolute Gasteiger partial charge is 0.324 e. The van der Waals surface area contributed by atoms with Gasteiger partial charge in [0.05, 0.1) is 6.20 Å². The zero-order valence-electron chi connectivity index (χ0n) is 18.9. The van der Waals surface area contributed by atoms with Crippen LogP contribution in [0.3, 0.4) is 0 Å². The van der Waals surface area contributed by atoms with Crippen LogP contribution in [0.1, 0.15) is 33.2 Å². The number of hydrogen-bond donors (Lipinski definition) is 1. The molecule has 0 fully saturated rings. The van der Waals surface area contributed by atoms with Gasteiger partial charge in [-0.3, -0.25) is 14.6 Å². The van der Waals surface area contributed by atoms with E-state index >= 15 is 0 Å². The van der Waals surface area contributed by atoms with Crippen LogP contribution >= 0.6 is 0 Å². The third-order valence-corrected chi connectivity index (χ3v) is 5.46. The Morgan fingerprint density at radius 2 is 1.57 bits per heavy atom. The maximum Gasteiger partial charge on any atom is 0.275 e. The number of nitrogens with one attached hydrogen (secondary N) is 1. The molecule has 0 bridgehead atoms. The van der Waals surface area contributed by atoms with Crippen LogP contribution in [0.15, 0.2) is 91.4 Å². The Hall–Kier alpha value is -4.46. The minimum Gasteiger partial charge on any atom is -0.324 e. The van der Waals surface area contributed by atoms with Crippen molar-refractivity contribution in [2.45, 2.75) is 19.5 Å². The van der Waals surface area contributed by atoms with E-state index in [4.69, 9.17) is 0 Å². The van der Waals surface area contributed by atoms with E-state index in [1.165, 1.54) is 59.9 Å². The zero-order valence-corrected chi connectivity index (χ0v) is 18.9. The van der Waals surface area contributed by atoms with Gasteiger partial charge in [0.15, 0.2) is 0 Å². The fourth-order valence-corrected chi connectivity index (χ4v) is 3.71. The quantitative estimate of drug-likeness (QED) is 0.407. The lowest BCUT2D eigenvalue weighted by Gasteiger charge is -2.32. The normalized spacial score (nSPS) is 11.5. The lowest BCUT2D eigenvalue weighted by atomic mass is 9.97. The molecule has 0 saturated carbocycles. The molecule has 6 nitrogen and oxygen atoms in total. The highest BCUT2D eigenvalue weighted by molar-refractivity contribution is 6.01. The Kier molecular flexibility index (Phi) is 7.21. The minimum atomic E-state index is -1.07. The Bertz CT molecular complexity index is 1310. The van der Waals surface area contributed by atoms with Crippen molar-refractivity contribution in [3.8, 4) is 0 Å². The Labute approximate surface area is 201 Å². The molecule has 0 saturated heterocycles. The highest BCUT2D eigenvalue weighted by Crippen LogP contribution is 2.29. The van der Waals surface area contributed by atoms with Gasteiger partial charge in [-0.05, 0) is 60.0 Å². The first-order chi connectivity index (χ1) is 16.9. The summed E-state index contributed by atoms with van der Waals surface area (Å²) in [6.45, 7) is 1.85. The lowest BCUT2D eigenvalue weighted by molar-refractivity contribution is -0.121. The van der Waals surface area contributed by atoms with Crippen LogP contribution in [0.5, 0.6) is 0 Å². The molecule has 35 heavy (non-hydrogen) atoms. The molecule has 0 aliphatic heterocycles. The Morgan fingerprint density at radius 3 is 2.20 bits per heavy atom. The van der Waals surface area contributed by atoms with Crippen molar-refractivity contribution < 1.29 is 18.4 Å². The molecule has 1 heterocycles. The van der Waals surface area contributed by atoms with E-state index in [-0.39, 0.29) is 12.2 Å². The van der Waals surface area contributed by atoms with Crippen LogP contribution in [0.25, 0.3) is 0 Å². The van der Waals surface area contributed by atoms with Gasteiger partial charge in [0, 0.05) is 24.6 Å². The maximum atomic E-state index is 13.7. The molecular formula is C27H22F2N4O2. The number of aryl methyl sites for hydroxylation is 1. The van der Waals surface area contributed by atoms with Crippen LogP contribution in [-0.4, -0.2) is 26.7 Å². The van der Waals surface area contributed by atoms with Gasteiger partial charge in [-0.1, -0.05) is 36.4 Å². The number of hydrogen-bond acceptors (Lipinski definition) is 4. The zero-order chi connectivity index (χ0) is 24.8. The SMILES string of the molecule is Cc1ccccc1C(C(=O)Nc1ccc(F)cc1)N(Cc1ccc(F)cc1)C(=O)c1cnccn1. The molecule has 1 atom stereocenters. The van der Waals surface area contributed by atoms with Crippen molar-refractivity contribution >= 4 is 17.5 Å². The molecule has 0 aliphatic rings. The summed E-state index contributed by atoms with van der Waals surface area (Å²) >= 11 is 0. The molecule has 176 valence electrons. The fraction of sp³-hybridized carbons (Fsp3) is 0.111. The van der Waals surface area contributed by atoms with E-state index in [1.54, 1.807) is 24.3 Å². The van der Waals surface area contributed by atoms with E-state index in [0.29, 0.717) is 16.8 Å². The lowest BCUT2D eigenvalue weighted by Crippen LogP contribution is -2.41. The molecule has 1 N–H and O–H groups in total. The van der Waals surface area contributed by atoms with E-state index in [1.807, 2.05) is 19.1 Å². The average molecular weight is 472 g/mol. The summed E-state index contributed by atoms with van der Waals surface area (Å²) in [5.74, 6) is -1.87. The Balaban J connectivity index is 1.79. The summed E-state index contributed by atoms with van der Waals surface area (Å²) in [5, 5.41) is 2.78. The van der Waals surface area contributed by atoms with Gasteiger partial charge in [0.1, 0.15) is 23.4 Å². The molecule has 0 radical (unpaired) electrons. The van der Waals surface area contributed by atoms with Gasteiger partial charge < -0.3 is 10.2 Å². The number of carbonyl (C=O) groups excluding carboxylic acids is 2. The number of benzene rings is 3. The van der Waals surface area contributed by atoms with Gasteiger partial charge >= 0.3 is 0 Å². The Morgan fingerprint density at radius 1 is 0.914 bits per heavy atom. The van der Waals surface area contributed by atoms with Crippen molar-refractivity contribution in [1.82, 2.24) is 14.9 Å². The van der Waals surface area contributed by atoms with Crippen molar-refractivity contribution in [1.29, 1.82) is 0 Å². The number of halogens is 2. The van der Waals surface area contributed by atoms with Gasteiger partial charge in [-0.2, -0.15) is 0 Å². The molecule has 8 heteroatoms. The molecule has 4 rings (SSSR count). The number of carbonyl (C=O) groups is 2. The first-order valence-corrected chi connectivity index (χ1v) is 10.9. The third-order valence-electron chi connectivity index (χ3n) is 5.46. The van der Waals surface area contributed by atoms with Gasteiger partial charge in [-0.25, -0.2) is 13.8 Å². The van der Waals surface area contributed by atoms with Crippen LogP contribution in [0.2, 0.25) is 0 Å². The topological polar surface area (TPSA) is 75.2 Å². The number of anilines is 1. The number of nitrogens with zero attached hydrogens (tertiary/aromatic N) is 3. The van der Waals surface area contributed by atoms with Crippen LogP contribution in [0.4, 0.5) is 14.5 Å². The smallest absolute Gasteiger partial charge is 0.275 e. The summed E-state index contributed by atoms with van der Waals surface area (Å²) in [6.07, 6.45) is 4.17. The predicted octanol–water partition coefficient (Wildman–Crippen LogP) is 5.09. The molecule has 1 unspecified atom stereocenters. The fourth-order valence-electron chi connectivity index (χ4n) is 3.71. The van der Waals surface area contributed by atoms with Crippen LogP contribution < -0.4 is 5.32 Å². The highest BCUT2D eigenvalue weighted by atomic mass is 19.1. The summed E-state index contributed by atoms with van der Waals surface area (Å²) in [4.78, 5) is 36.8. The van der Waals surface area contributed by atoms with E-state index in [2.05, 4.69) is 15.3 Å². The third kappa shape index (κ3) is 5.73. The first kappa shape index (κ1) is 23.7. The number of aromatic nitrogens is 2. The molecule has 2 amide bonds. The van der Waals surface area contributed by atoms with Gasteiger partial charge in [0.25, 0.3) is 11.8 Å². The molecule has 3 aromatic carbocycles. The second-order valence-corrected chi connectivity index (χ2v) is 7.91. The highest BCUT2D eigenvalue weighted by Gasteiger charge is 2.34. The molecule has 0 aliphatic carbocycles. The maximum absolute atomic E-state index is 13.7. The van der Waals surface area contributed by atoms with Crippen LogP contribution in [0, 0.1) is 18.6 Å². The molecular weight excluding hydrogens is 450 g/mol. The summed E-state index contributed by atoms with van der Waals surface area (Å²) in [5.41, 5.74) is 2.46. The van der Waals surface area contributed by atoms with Crippen molar-refractivity contribution in [3.05, 3.63) is 125 Å². The van der Waals surface area contributed by atoms with Gasteiger partial charge in [0.2, 0.25) is 0 Å². The monoisotopic (exact) mass is 472 g/mol. The molecule has 1 aromatic heterocycles. The summed E-state index contributed by atoms with van der Waals surface area (Å²) in [6, 6.07) is 17.2. The second-order valence-electron chi connectivity index (χ2n) is 7.91. The van der Waals surface area contributed by atoms with E-state index in [0.717, 1.165) is 5.56 Å². The van der Waals surface area contributed by atoms with Gasteiger partial charge in [-0.15, -0.1) is 0 Å². The predicted molar refractivity (Wildman–Crippen MR) is 127 cm³/mol. The van der Waals surface area contributed by atoms with Crippen molar-refractivity contribution in [3.63, 3.8) is 0 Å². The molecule has 0 spiro atoms.